The first kappa shape index (κ1) is 13.0. The first-order chi connectivity index (χ1) is 8.24. The molecule has 1 unspecified atom stereocenters. The highest BCUT2D eigenvalue weighted by Gasteiger charge is 2.14. The molecule has 0 aromatic heterocycles. The van der Waals surface area contributed by atoms with E-state index in [0.29, 0.717) is 0 Å². The van der Waals surface area contributed by atoms with Gasteiger partial charge in [0.15, 0.2) is 0 Å². The molecule has 1 aliphatic heterocycles. The summed E-state index contributed by atoms with van der Waals surface area (Å²) in [6.07, 6.45) is 0.935. The molecule has 1 heterocycles. The van der Waals surface area contributed by atoms with Gasteiger partial charge in [-0.25, -0.2) is 0 Å². The molecule has 0 spiro atoms. The van der Waals surface area contributed by atoms with Gasteiger partial charge in [0, 0.05) is 30.1 Å². The highest BCUT2D eigenvalue weighted by atomic mass is 79.9. The minimum atomic E-state index is 0.203. The summed E-state index contributed by atoms with van der Waals surface area (Å²) in [5.41, 5.74) is 7.48. The van der Waals surface area contributed by atoms with Crippen LogP contribution in [-0.4, -0.2) is 43.8 Å². The number of hydrogen-bond donors (Lipinski definition) is 1. The van der Waals surface area contributed by atoms with Crippen molar-refractivity contribution in [1.29, 1.82) is 0 Å². The summed E-state index contributed by atoms with van der Waals surface area (Å²) in [6.45, 7) is 4.65. The van der Waals surface area contributed by atoms with Gasteiger partial charge in [-0.1, -0.05) is 28.1 Å². The average molecular weight is 299 g/mol. The zero-order valence-electron chi connectivity index (χ0n) is 9.94. The Kier molecular flexibility index (Phi) is 4.98. The van der Waals surface area contributed by atoms with Crippen LogP contribution in [-0.2, 0) is 11.2 Å². The second kappa shape index (κ2) is 6.50. The predicted molar refractivity (Wildman–Crippen MR) is 73.1 cm³/mol. The fourth-order valence-corrected chi connectivity index (χ4v) is 2.37. The van der Waals surface area contributed by atoms with Crippen LogP contribution in [0, 0.1) is 0 Å². The van der Waals surface area contributed by atoms with Gasteiger partial charge in [-0.2, -0.15) is 0 Å². The Morgan fingerprint density at radius 2 is 1.88 bits per heavy atom. The normalized spacial score (nSPS) is 19.2. The van der Waals surface area contributed by atoms with Crippen molar-refractivity contribution in [2.75, 3.05) is 32.8 Å². The van der Waals surface area contributed by atoms with Gasteiger partial charge in [-0.15, -0.1) is 0 Å². The molecule has 0 radical (unpaired) electrons. The van der Waals surface area contributed by atoms with Crippen molar-refractivity contribution < 1.29 is 4.74 Å². The van der Waals surface area contributed by atoms with Gasteiger partial charge in [0.2, 0.25) is 0 Å². The van der Waals surface area contributed by atoms with Crippen molar-refractivity contribution >= 4 is 15.9 Å². The Morgan fingerprint density at radius 3 is 2.53 bits per heavy atom. The molecule has 3 nitrogen and oxygen atoms in total. The first-order valence-corrected chi connectivity index (χ1v) is 6.83. The van der Waals surface area contributed by atoms with Gasteiger partial charge in [0.25, 0.3) is 0 Å². The molecule has 0 aliphatic carbocycles. The number of hydrogen-bond acceptors (Lipinski definition) is 3. The van der Waals surface area contributed by atoms with E-state index in [-0.39, 0.29) is 6.04 Å². The van der Waals surface area contributed by atoms with Crippen molar-refractivity contribution in [1.82, 2.24) is 4.90 Å². The Hall–Kier alpha value is -0.420. The van der Waals surface area contributed by atoms with E-state index in [1.807, 2.05) is 0 Å². The van der Waals surface area contributed by atoms with E-state index >= 15 is 0 Å². The number of morpholine rings is 1. The van der Waals surface area contributed by atoms with Gasteiger partial charge in [-0.05, 0) is 24.1 Å². The molecule has 1 aromatic carbocycles. The van der Waals surface area contributed by atoms with E-state index in [2.05, 4.69) is 45.1 Å². The van der Waals surface area contributed by atoms with E-state index in [1.165, 1.54) is 5.56 Å². The molecular weight excluding hydrogens is 280 g/mol. The lowest BCUT2D eigenvalue weighted by molar-refractivity contribution is 0.0353. The summed E-state index contributed by atoms with van der Waals surface area (Å²) in [5, 5.41) is 0. The van der Waals surface area contributed by atoms with E-state index in [0.717, 1.165) is 43.7 Å². The zero-order valence-corrected chi connectivity index (χ0v) is 11.5. The van der Waals surface area contributed by atoms with Gasteiger partial charge in [-0.3, -0.25) is 4.90 Å². The summed E-state index contributed by atoms with van der Waals surface area (Å²) >= 11 is 3.44. The zero-order chi connectivity index (χ0) is 12.1. The van der Waals surface area contributed by atoms with Crippen molar-refractivity contribution in [3.63, 3.8) is 0 Å². The molecule has 1 atom stereocenters. The number of rotatable bonds is 4. The van der Waals surface area contributed by atoms with Crippen LogP contribution >= 0.6 is 15.9 Å². The summed E-state index contributed by atoms with van der Waals surface area (Å²) < 4.78 is 6.44. The number of halogens is 1. The van der Waals surface area contributed by atoms with Crippen LogP contribution in [0.4, 0.5) is 0 Å². The fourth-order valence-electron chi connectivity index (χ4n) is 2.10. The van der Waals surface area contributed by atoms with E-state index in [1.54, 1.807) is 0 Å². The maximum Gasteiger partial charge on any atom is 0.0594 e. The SMILES string of the molecule is NC(Cc1ccc(Br)cc1)CN1CCOCC1. The van der Waals surface area contributed by atoms with Crippen LogP contribution < -0.4 is 5.73 Å². The Bertz CT molecular complexity index is 336. The lowest BCUT2D eigenvalue weighted by Crippen LogP contribution is -2.44. The molecule has 94 valence electrons. The third kappa shape index (κ3) is 4.39. The maximum absolute atomic E-state index is 6.18. The van der Waals surface area contributed by atoms with Gasteiger partial charge in [0.1, 0.15) is 0 Å². The molecule has 4 heteroatoms. The Morgan fingerprint density at radius 1 is 1.24 bits per heavy atom. The number of ether oxygens (including phenoxy) is 1. The van der Waals surface area contributed by atoms with E-state index in [9.17, 15) is 0 Å². The molecule has 1 saturated heterocycles. The molecule has 1 fully saturated rings. The largest absolute Gasteiger partial charge is 0.379 e. The monoisotopic (exact) mass is 298 g/mol. The first-order valence-electron chi connectivity index (χ1n) is 6.04. The van der Waals surface area contributed by atoms with Crippen LogP contribution in [0.15, 0.2) is 28.7 Å². The summed E-state index contributed by atoms with van der Waals surface area (Å²) in [4.78, 5) is 2.38. The smallest absolute Gasteiger partial charge is 0.0594 e. The van der Waals surface area contributed by atoms with Crippen LogP contribution in [0.3, 0.4) is 0 Å². The molecule has 1 aromatic rings. The van der Waals surface area contributed by atoms with Crippen LogP contribution in [0.1, 0.15) is 5.56 Å². The van der Waals surface area contributed by atoms with Crippen LogP contribution in [0.5, 0.6) is 0 Å². The van der Waals surface area contributed by atoms with Crippen molar-refractivity contribution in [3.8, 4) is 0 Å². The second-order valence-electron chi connectivity index (χ2n) is 4.50. The molecule has 17 heavy (non-hydrogen) atoms. The third-order valence-corrected chi connectivity index (χ3v) is 3.54. The van der Waals surface area contributed by atoms with Gasteiger partial charge >= 0.3 is 0 Å². The second-order valence-corrected chi connectivity index (χ2v) is 5.42. The minimum Gasteiger partial charge on any atom is -0.379 e. The average Bonchev–Trinajstić information content (AvgIpc) is 2.33. The number of nitrogens with two attached hydrogens (primary N) is 1. The molecule has 0 amide bonds. The predicted octanol–water partition coefficient (Wildman–Crippen LogP) is 1.65. The molecule has 2 rings (SSSR count). The number of nitrogens with zero attached hydrogens (tertiary/aromatic N) is 1. The Labute approximate surface area is 111 Å². The summed E-state index contributed by atoms with van der Waals surface area (Å²) in [7, 11) is 0. The lowest BCUT2D eigenvalue weighted by atomic mass is 10.1. The van der Waals surface area contributed by atoms with Crippen LogP contribution in [0.25, 0.3) is 0 Å². The van der Waals surface area contributed by atoms with Crippen LogP contribution in [0.2, 0.25) is 0 Å². The molecule has 0 bridgehead atoms. The molecule has 2 N–H and O–H groups in total. The quantitative estimate of drug-likeness (QED) is 0.919. The molecule has 0 saturated carbocycles. The molecule has 1 aliphatic rings. The van der Waals surface area contributed by atoms with Crippen molar-refractivity contribution in [2.24, 2.45) is 5.73 Å². The summed E-state index contributed by atoms with van der Waals surface area (Å²) in [5.74, 6) is 0. The fraction of sp³-hybridized carbons (Fsp3) is 0.538. The van der Waals surface area contributed by atoms with E-state index in [4.69, 9.17) is 10.5 Å². The topological polar surface area (TPSA) is 38.5 Å². The Balaban J connectivity index is 1.79. The third-order valence-electron chi connectivity index (χ3n) is 3.01. The van der Waals surface area contributed by atoms with Gasteiger partial charge in [0.05, 0.1) is 13.2 Å². The highest BCUT2D eigenvalue weighted by Crippen LogP contribution is 2.12. The summed E-state index contributed by atoms with van der Waals surface area (Å²) in [6, 6.07) is 8.59. The van der Waals surface area contributed by atoms with Gasteiger partial charge < -0.3 is 10.5 Å². The maximum atomic E-state index is 6.18. The van der Waals surface area contributed by atoms with Crippen molar-refractivity contribution in [2.45, 2.75) is 12.5 Å². The van der Waals surface area contributed by atoms with Crippen molar-refractivity contribution in [3.05, 3.63) is 34.3 Å². The standard InChI is InChI=1S/C13H19BrN2O/c14-12-3-1-11(2-4-12)9-13(15)10-16-5-7-17-8-6-16/h1-4,13H,5-10,15H2. The van der Waals surface area contributed by atoms with E-state index < -0.39 is 0 Å². The lowest BCUT2D eigenvalue weighted by Gasteiger charge is -2.29. The minimum absolute atomic E-state index is 0.203. The molecular formula is C13H19BrN2O. The number of benzene rings is 1. The highest BCUT2D eigenvalue weighted by molar-refractivity contribution is 9.10.